The molecular formula is C11H8Cl3N3O. The van der Waals surface area contributed by atoms with E-state index in [-0.39, 0.29) is 15.6 Å². The normalized spacial score (nSPS) is 10.4. The number of rotatable bonds is 2. The van der Waals surface area contributed by atoms with Gasteiger partial charge in [0.05, 0.1) is 26.4 Å². The number of benzene rings is 1. The zero-order valence-corrected chi connectivity index (χ0v) is 11.2. The van der Waals surface area contributed by atoms with Crippen molar-refractivity contribution in [2.75, 3.05) is 11.1 Å². The van der Waals surface area contributed by atoms with Crippen molar-refractivity contribution in [2.24, 2.45) is 0 Å². The minimum Gasteiger partial charge on any atom is -0.396 e. The molecule has 2 rings (SSSR count). The summed E-state index contributed by atoms with van der Waals surface area (Å²) in [5, 5.41) is 3.74. The molecule has 1 aromatic heterocycles. The van der Waals surface area contributed by atoms with E-state index in [0.717, 1.165) is 0 Å². The number of hydrogen-bond donors (Lipinski definition) is 3. The summed E-state index contributed by atoms with van der Waals surface area (Å²) in [6, 6.07) is 6.06. The molecule has 1 aromatic carbocycles. The minimum absolute atomic E-state index is 0.236. The van der Waals surface area contributed by atoms with E-state index in [2.05, 4.69) is 10.3 Å². The third-order valence-corrected chi connectivity index (χ3v) is 3.54. The number of nitrogens with two attached hydrogens (primary N) is 1. The van der Waals surface area contributed by atoms with E-state index in [1.165, 1.54) is 12.1 Å². The number of pyridine rings is 1. The maximum atomic E-state index is 11.2. The largest absolute Gasteiger partial charge is 0.396 e. The van der Waals surface area contributed by atoms with Crippen LogP contribution in [0.2, 0.25) is 15.1 Å². The summed E-state index contributed by atoms with van der Waals surface area (Å²) >= 11 is 17.8. The van der Waals surface area contributed by atoms with Crippen LogP contribution in [0.15, 0.2) is 29.1 Å². The van der Waals surface area contributed by atoms with Gasteiger partial charge < -0.3 is 16.0 Å². The molecule has 0 atom stereocenters. The number of aromatic nitrogens is 1. The van der Waals surface area contributed by atoms with Crippen molar-refractivity contribution in [1.29, 1.82) is 0 Å². The van der Waals surface area contributed by atoms with Gasteiger partial charge in [-0.2, -0.15) is 0 Å². The van der Waals surface area contributed by atoms with E-state index < -0.39 is 0 Å². The van der Waals surface area contributed by atoms with Gasteiger partial charge in [-0.1, -0.05) is 34.8 Å². The van der Waals surface area contributed by atoms with Crippen molar-refractivity contribution in [3.63, 3.8) is 0 Å². The van der Waals surface area contributed by atoms with Crippen molar-refractivity contribution in [2.45, 2.75) is 0 Å². The molecule has 4 N–H and O–H groups in total. The highest BCUT2D eigenvalue weighted by atomic mass is 35.5. The molecular weight excluding hydrogens is 296 g/mol. The summed E-state index contributed by atoms with van der Waals surface area (Å²) in [5.41, 5.74) is 6.33. The monoisotopic (exact) mass is 303 g/mol. The molecule has 0 saturated carbocycles. The lowest BCUT2D eigenvalue weighted by Gasteiger charge is -2.11. The Kier molecular flexibility index (Phi) is 3.71. The van der Waals surface area contributed by atoms with E-state index in [4.69, 9.17) is 40.5 Å². The number of anilines is 3. The van der Waals surface area contributed by atoms with Crippen LogP contribution in [0.3, 0.4) is 0 Å². The summed E-state index contributed by atoms with van der Waals surface area (Å²) < 4.78 is 0. The molecule has 0 radical (unpaired) electrons. The Hall–Kier alpha value is -1.36. The summed E-state index contributed by atoms with van der Waals surface area (Å²) in [5.74, 6) is 0.350. The molecule has 0 unspecified atom stereocenters. The van der Waals surface area contributed by atoms with E-state index in [1.54, 1.807) is 12.1 Å². The first-order valence-electron chi connectivity index (χ1n) is 4.88. The Morgan fingerprint density at radius 3 is 2.50 bits per heavy atom. The number of nitrogen functional groups attached to an aromatic ring is 1. The van der Waals surface area contributed by atoms with Crippen molar-refractivity contribution < 1.29 is 0 Å². The van der Waals surface area contributed by atoms with Crippen LogP contribution in [0.4, 0.5) is 17.2 Å². The van der Waals surface area contributed by atoms with Crippen LogP contribution >= 0.6 is 34.8 Å². The van der Waals surface area contributed by atoms with E-state index in [0.29, 0.717) is 22.2 Å². The topological polar surface area (TPSA) is 70.9 Å². The second-order valence-electron chi connectivity index (χ2n) is 3.50. The van der Waals surface area contributed by atoms with Gasteiger partial charge in [-0.3, -0.25) is 4.79 Å². The average Bonchev–Trinajstić information content (AvgIpc) is 2.34. The molecule has 0 spiro atoms. The van der Waals surface area contributed by atoms with Gasteiger partial charge in [-0.25, -0.2) is 0 Å². The van der Waals surface area contributed by atoms with Crippen LogP contribution in [0.25, 0.3) is 0 Å². The van der Waals surface area contributed by atoms with Crippen LogP contribution in [0.1, 0.15) is 0 Å². The van der Waals surface area contributed by atoms with Crippen LogP contribution in [0, 0.1) is 0 Å². The Morgan fingerprint density at radius 1 is 1.06 bits per heavy atom. The molecule has 2 aromatic rings. The van der Waals surface area contributed by atoms with Gasteiger partial charge in [0.15, 0.2) is 0 Å². The number of halogens is 3. The number of aromatic amines is 1. The maximum Gasteiger partial charge on any atom is 0.249 e. The lowest BCUT2D eigenvalue weighted by Crippen LogP contribution is -2.09. The van der Waals surface area contributed by atoms with Crippen LogP contribution in [0.5, 0.6) is 0 Å². The van der Waals surface area contributed by atoms with Gasteiger partial charge in [-0.05, 0) is 18.2 Å². The molecule has 0 bridgehead atoms. The van der Waals surface area contributed by atoms with Gasteiger partial charge >= 0.3 is 0 Å². The van der Waals surface area contributed by atoms with Crippen molar-refractivity contribution in [3.05, 3.63) is 49.7 Å². The van der Waals surface area contributed by atoms with Crippen molar-refractivity contribution in [3.8, 4) is 0 Å². The second kappa shape index (κ2) is 5.10. The molecule has 18 heavy (non-hydrogen) atoms. The molecule has 1 heterocycles. The van der Waals surface area contributed by atoms with Crippen LogP contribution < -0.4 is 16.6 Å². The summed E-state index contributed by atoms with van der Waals surface area (Å²) in [6.45, 7) is 0. The highest BCUT2D eigenvalue weighted by Crippen LogP contribution is 2.37. The Labute approximate surface area is 118 Å². The number of hydrogen-bond acceptors (Lipinski definition) is 3. The first-order valence-corrected chi connectivity index (χ1v) is 6.02. The average molecular weight is 305 g/mol. The van der Waals surface area contributed by atoms with Gasteiger partial charge in [0, 0.05) is 6.07 Å². The van der Waals surface area contributed by atoms with E-state index in [1.807, 2.05) is 0 Å². The third-order valence-electron chi connectivity index (χ3n) is 2.25. The lowest BCUT2D eigenvalue weighted by molar-refractivity contribution is 1.24. The Balaban J connectivity index is 2.43. The zero-order chi connectivity index (χ0) is 13.3. The SMILES string of the molecule is Nc1ccc(=O)[nH]c1Nc1ccc(Cl)c(Cl)c1Cl. The van der Waals surface area contributed by atoms with Crippen LogP contribution in [-0.4, -0.2) is 4.98 Å². The molecule has 0 aliphatic rings. The lowest BCUT2D eigenvalue weighted by atomic mass is 10.3. The summed E-state index contributed by atoms with van der Waals surface area (Å²) in [6.07, 6.45) is 0. The predicted octanol–water partition coefficient (Wildman–Crippen LogP) is 3.66. The quantitative estimate of drug-likeness (QED) is 0.741. The fourth-order valence-electron chi connectivity index (χ4n) is 1.35. The number of H-pyrrole nitrogens is 1. The van der Waals surface area contributed by atoms with Crippen molar-refractivity contribution >= 4 is 52.0 Å². The number of nitrogens with one attached hydrogen (secondary N) is 2. The predicted molar refractivity (Wildman–Crippen MR) is 76.2 cm³/mol. The molecule has 7 heteroatoms. The van der Waals surface area contributed by atoms with Gasteiger partial charge in [-0.15, -0.1) is 0 Å². The van der Waals surface area contributed by atoms with Crippen molar-refractivity contribution in [1.82, 2.24) is 4.98 Å². The molecule has 0 aliphatic heterocycles. The summed E-state index contributed by atoms with van der Waals surface area (Å²) in [4.78, 5) is 13.8. The van der Waals surface area contributed by atoms with E-state index >= 15 is 0 Å². The molecule has 94 valence electrons. The van der Waals surface area contributed by atoms with E-state index in [9.17, 15) is 4.79 Å². The molecule has 4 nitrogen and oxygen atoms in total. The first-order chi connectivity index (χ1) is 8.49. The third kappa shape index (κ3) is 2.56. The highest BCUT2D eigenvalue weighted by Gasteiger charge is 2.10. The smallest absolute Gasteiger partial charge is 0.249 e. The zero-order valence-electron chi connectivity index (χ0n) is 8.93. The van der Waals surface area contributed by atoms with Gasteiger partial charge in [0.1, 0.15) is 5.82 Å². The molecule has 0 fully saturated rings. The fourth-order valence-corrected chi connectivity index (χ4v) is 1.93. The maximum absolute atomic E-state index is 11.2. The molecule has 0 saturated heterocycles. The highest BCUT2D eigenvalue weighted by molar-refractivity contribution is 6.49. The van der Waals surface area contributed by atoms with Gasteiger partial charge in [0.25, 0.3) is 0 Å². The van der Waals surface area contributed by atoms with Crippen LogP contribution in [-0.2, 0) is 0 Å². The molecule has 0 amide bonds. The Morgan fingerprint density at radius 2 is 1.78 bits per heavy atom. The second-order valence-corrected chi connectivity index (χ2v) is 4.66. The van der Waals surface area contributed by atoms with Gasteiger partial charge in [0.2, 0.25) is 5.56 Å². The summed E-state index contributed by atoms with van der Waals surface area (Å²) in [7, 11) is 0. The standard InChI is InChI=1S/C11H8Cl3N3O/c12-5-1-3-7(10(14)9(5)13)16-11-6(15)2-4-8(18)17-11/h1-4H,15H2,(H2,16,17,18). The first kappa shape index (κ1) is 13.1. The minimum atomic E-state index is -0.275. The Bertz CT molecular complexity index is 654. The fraction of sp³-hybridized carbons (Fsp3) is 0. The molecule has 0 aliphatic carbocycles.